The van der Waals surface area contributed by atoms with Crippen molar-refractivity contribution in [2.24, 2.45) is 0 Å². The van der Waals surface area contributed by atoms with Gasteiger partial charge in [0.25, 0.3) is 5.91 Å². The summed E-state index contributed by atoms with van der Waals surface area (Å²) < 4.78 is 37.4. The molecule has 20 heavy (non-hydrogen) atoms. The highest BCUT2D eigenvalue weighted by Crippen LogP contribution is 2.28. The highest BCUT2D eigenvalue weighted by molar-refractivity contribution is 6.04. The second-order valence-electron chi connectivity index (χ2n) is 4.00. The summed E-state index contributed by atoms with van der Waals surface area (Å²) in [6.07, 6.45) is -3.03. The molecule has 0 aliphatic carbocycles. The van der Waals surface area contributed by atoms with Crippen molar-refractivity contribution >= 4 is 11.7 Å². The summed E-state index contributed by atoms with van der Waals surface area (Å²) in [5.74, 6) is -0.237. The molecule has 0 saturated heterocycles. The first-order chi connectivity index (χ1) is 9.38. The molecule has 0 spiro atoms. The Morgan fingerprint density at radius 3 is 2.50 bits per heavy atom. The van der Waals surface area contributed by atoms with Crippen LogP contribution in [-0.2, 0) is 6.18 Å². The Balaban J connectivity index is 2.23. The Bertz CT molecular complexity index is 627. The predicted octanol–water partition coefficient (Wildman–Crippen LogP) is 3.06. The lowest BCUT2D eigenvalue weighted by atomic mass is 10.1. The van der Waals surface area contributed by atoms with E-state index < -0.39 is 17.8 Å². The van der Waals surface area contributed by atoms with Crippen molar-refractivity contribution in [3.05, 3.63) is 53.5 Å². The molecule has 2 rings (SSSR count). The zero-order valence-corrected chi connectivity index (χ0v) is 10.4. The van der Waals surface area contributed by atoms with Crippen LogP contribution < -0.4 is 5.32 Å². The Morgan fingerprint density at radius 1 is 1.20 bits per heavy atom. The van der Waals surface area contributed by atoms with Gasteiger partial charge in [-0.2, -0.15) is 13.2 Å². The van der Waals surface area contributed by atoms with Crippen LogP contribution in [0, 0.1) is 6.92 Å². The van der Waals surface area contributed by atoms with Gasteiger partial charge in [-0.3, -0.25) is 4.79 Å². The molecule has 2 aromatic rings. The first kappa shape index (κ1) is 14.0. The Hall–Kier alpha value is -2.44. The number of hydrogen-bond acceptors (Lipinski definition) is 3. The zero-order chi connectivity index (χ0) is 14.8. The van der Waals surface area contributed by atoms with Gasteiger partial charge in [-0.25, -0.2) is 9.97 Å². The van der Waals surface area contributed by atoms with Crippen molar-refractivity contribution in [2.75, 3.05) is 5.32 Å². The Morgan fingerprint density at radius 2 is 1.95 bits per heavy atom. The van der Waals surface area contributed by atoms with Gasteiger partial charge in [0.15, 0.2) is 0 Å². The van der Waals surface area contributed by atoms with Crippen molar-refractivity contribution in [1.29, 1.82) is 0 Å². The number of aryl methyl sites for hydroxylation is 1. The number of carbonyl (C=O) groups excluding carboxylic acids is 1. The molecule has 0 radical (unpaired) electrons. The minimum atomic E-state index is -4.53. The number of carbonyl (C=O) groups is 1. The monoisotopic (exact) mass is 281 g/mol. The summed E-state index contributed by atoms with van der Waals surface area (Å²) in [5.41, 5.74) is -0.943. The second-order valence-corrected chi connectivity index (χ2v) is 4.00. The molecule has 1 N–H and O–H groups in total. The maximum Gasteiger partial charge on any atom is 0.433 e. The third kappa shape index (κ3) is 3.11. The summed E-state index contributed by atoms with van der Waals surface area (Å²) >= 11 is 0. The molecular weight excluding hydrogens is 271 g/mol. The van der Waals surface area contributed by atoms with Crippen LogP contribution in [0.25, 0.3) is 0 Å². The van der Waals surface area contributed by atoms with E-state index in [9.17, 15) is 18.0 Å². The number of hydrogen-bond donors (Lipinski definition) is 1. The lowest BCUT2D eigenvalue weighted by Crippen LogP contribution is -2.17. The highest BCUT2D eigenvalue weighted by atomic mass is 19.4. The van der Waals surface area contributed by atoms with E-state index in [1.807, 2.05) is 0 Å². The van der Waals surface area contributed by atoms with Crippen molar-refractivity contribution in [3.8, 4) is 0 Å². The normalized spacial score (nSPS) is 11.2. The van der Waals surface area contributed by atoms with Crippen LogP contribution in [0.2, 0.25) is 0 Å². The molecule has 0 atom stereocenters. The number of alkyl halides is 3. The van der Waals surface area contributed by atoms with E-state index in [1.165, 1.54) is 13.1 Å². The quantitative estimate of drug-likeness (QED) is 0.920. The fourth-order valence-electron chi connectivity index (χ4n) is 1.58. The molecule has 0 aromatic carbocycles. The lowest BCUT2D eigenvalue weighted by Gasteiger charge is -2.10. The predicted molar refractivity (Wildman–Crippen MR) is 66.2 cm³/mol. The summed E-state index contributed by atoms with van der Waals surface area (Å²) in [5, 5.41) is 2.49. The van der Waals surface area contributed by atoms with Crippen molar-refractivity contribution in [1.82, 2.24) is 9.97 Å². The standard InChI is InChI=1S/C13H10F3N3O/c1-8-9(5-6-10(18-8)13(14,15)16)12(20)19-11-4-2-3-7-17-11/h2-7H,1H3,(H,17,19,20). The average molecular weight is 281 g/mol. The van der Waals surface area contributed by atoms with Crippen LogP contribution in [0.1, 0.15) is 21.7 Å². The summed E-state index contributed by atoms with van der Waals surface area (Å²) in [4.78, 5) is 19.2. The van der Waals surface area contributed by atoms with Crippen LogP contribution in [0.3, 0.4) is 0 Å². The smallest absolute Gasteiger partial charge is 0.307 e. The van der Waals surface area contributed by atoms with Gasteiger partial charge in [0.05, 0.1) is 11.3 Å². The Labute approximate surface area is 112 Å². The molecule has 0 aliphatic heterocycles. The van der Waals surface area contributed by atoms with Gasteiger partial charge in [0.2, 0.25) is 0 Å². The minimum Gasteiger partial charge on any atom is -0.307 e. The van der Waals surface area contributed by atoms with E-state index in [1.54, 1.807) is 18.2 Å². The van der Waals surface area contributed by atoms with Crippen molar-refractivity contribution < 1.29 is 18.0 Å². The van der Waals surface area contributed by atoms with Crippen LogP contribution >= 0.6 is 0 Å². The minimum absolute atomic E-state index is 0.00764. The first-order valence-corrected chi connectivity index (χ1v) is 5.65. The molecule has 4 nitrogen and oxygen atoms in total. The number of rotatable bonds is 2. The number of anilines is 1. The lowest BCUT2D eigenvalue weighted by molar-refractivity contribution is -0.141. The number of nitrogens with one attached hydrogen (secondary N) is 1. The van der Waals surface area contributed by atoms with E-state index in [0.717, 1.165) is 12.1 Å². The summed E-state index contributed by atoms with van der Waals surface area (Å²) in [6.45, 7) is 1.35. The van der Waals surface area contributed by atoms with Crippen molar-refractivity contribution in [3.63, 3.8) is 0 Å². The van der Waals surface area contributed by atoms with E-state index >= 15 is 0 Å². The maximum absolute atomic E-state index is 12.5. The fourth-order valence-corrected chi connectivity index (χ4v) is 1.58. The van der Waals surface area contributed by atoms with Gasteiger partial charge in [-0.1, -0.05) is 6.07 Å². The largest absolute Gasteiger partial charge is 0.433 e. The molecule has 1 amide bonds. The molecule has 0 aliphatic rings. The number of amides is 1. The SMILES string of the molecule is Cc1nc(C(F)(F)F)ccc1C(=O)Nc1ccccn1. The number of aromatic nitrogens is 2. The van der Waals surface area contributed by atoms with Gasteiger partial charge in [-0.15, -0.1) is 0 Å². The highest BCUT2D eigenvalue weighted by Gasteiger charge is 2.33. The van der Waals surface area contributed by atoms with Gasteiger partial charge in [-0.05, 0) is 31.2 Å². The molecule has 7 heteroatoms. The van der Waals surface area contributed by atoms with Crippen LogP contribution in [-0.4, -0.2) is 15.9 Å². The Kier molecular flexibility index (Phi) is 3.69. The van der Waals surface area contributed by atoms with E-state index in [-0.39, 0.29) is 11.3 Å². The van der Waals surface area contributed by atoms with Gasteiger partial charge >= 0.3 is 6.18 Å². The molecule has 2 heterocycles. The number of nitrogens with zero attached hydrogens (tertiary/aromatic N) is 2. The van der Waals surface area contributed by atoms with Gasteiger partial charge in [0.1, 0.15) is 11.5 Å². The average Bonchev–Trinajstić information content (AvgIpc) is 2.38. The first-order valence-electron chi connectivity index (χ1n) is 5.65. The molecule has 0 fully saturated rings. The third-order valence-electron chi connectivity index (χ3n) is 2.53. The molecule has 2 aromatic heterocycles. The molecular formula is C13H10F3N3O. The topological polar surface area (TPSA) is 54.9 Å². The van der Waals surface area contributed by atoms with Crippen LogP contribution in [0.5, 0.6) is 0 Å². The molecule has 0 saturated carbocycles. The van der Waals surface area contributed by atoms with E-state index in [4.69, 9.17) is 0 Å². The van der Waals surface area contributed by atoms with Crippen LogP contribution in [0.15, 0.2) is 36.5 Å². The fraction of sp³-hybridized carbons (Fsp3) is 0.154. The summed E-state index contributed by atoms with van der Waals surface area (Å²) in [7, 11) is 0. The molecule has 0 unspecified atom stereocenters. The number of halogens is 3. The van der Waals surface area contributed by atoms with Crippen molar-refractivity contribution in [2.45, 2.75) is 13.1 Å². The third-order valence-corrected chi connectivity index (χ3v) is 2.53. The van der Waals surface area contributed by atoms with Crippen LogP contribution in [0.4, 0.5) is 19.0 Å². The number of pyridine rings is 2. The summed E-state index contributed by atoms with van der Waals surface area (Å²) in [6, 6.07) is 6.82. The molecule has 0 bridgehead atoms. The zero-order valence-electron chi connectivity index (χ0n) is 10.4. The van der Waals surface area contributed by atoms with Gasteiger partial charge < -0.3 is 5.32 Å². The molecule has 104 valence electrons. The van der Waals surface area contributed by atoms with Gasteiger partial charge in [0, 0.05) is 6.20 Å². The second kappa shape index (κ2) is 5.28. The van der Waals surface area contributed by atoms with E-state index in [0.29, 0.717) is 5.82 Å². The van der Waals surface area contributed by atoms with E-state index in [2.05, 4.69) is 15.3 Å². The maximum atomic E-state index is 12.5.